The van der Waals surface area contributed by atoms with E-state index in [1.165, 1.54) is 36.0 Å². The molecule has 0 bridgehead atoms. The summed E-state index contributed by atoms with van der Waals surface area (Å²) in [5.41, 5.74) is 0.484. The molecule has 2 rings (SSSR count). The Hall–Kier alpha value is -2.14. The Bertz CT molecular complexity index is 978. The zero-order valence-corrected chi connectivity index (χ0v) is 17.8. The van der Waals surface area contributed by atoms with E-state index in [4.69, 9.17) is 23.8 Å². The van der Waals surface area contributed by atoms with Crippen molar-refractivity contribution in [3.05, 3.63) is 53.6 Å². The Labute approximate surface area is 177 Å². The van der Waals surface area contributed by atoms with Gasteiger partial charge in [-0.3, -0.25) is 9.59 Å². The predicted octanol–water partition coefficient (Wildman–Crippen LogP) is 2.77. The number of rotatable bonds is 6. The van der Waals surface area contributed by atoms with Gasteiger partial charge in [-0.2, -0.15) is 0 Å². The lowest BCUT2D eigenvalue weighted by molar-refractivity contribution is -0.118. The van der Waals surface area contributed by atoms with Gasteiger partial charge in [0.1, 0.15) is 0 Å². The van der Waals surface area contributed by atoms with Crippen molar-refractivity contribution < 1.29 is 18.0 Å². The molecule has 0 saturated carbocycles. The van der Waals surface area contributed by atoms with Gasteiger partial charge >= 0.3 is 0 Å². The Balaban J connectivity index is 1.86. The van der Waals surface area contributed by atoms with Crippen molar-refractivity contribution in [3.63, 3.8) is 0 Å². The zero-order chi connectivity index (χ0) is 20.7. The average Bonchev–Trinajstić information content (AvgIpc) is 2.60. The molecule has 148 valence electrons. The van der Waals surface area contributed by atoms with E-state index >= 15 is 0 Å². The summed E-state index contributed by atoms with van der Waals surface area (Å²) in [6, 6.07) is 12.7. The Morgan fingerprint density at radius 1 is 1.07 bits per heavy atom. The van der Waals surface area contributed by atoms with Crippen LogP contribution >= 0.6 is 35.6 Å². The zero-order valence-electron chi connectivity index (χ0n) is 14.6. The third-order valence-corrected chi connectivity index (χ3v) is 6.05. The van der Waals surface area contributed by atoms with Crippen molar-refractivity contribution in [2.24, 2.45) is 0 Å². The molecule has 0 aliphatic heterocycles. The monoisotopic (exact) mass is 457 g/mol. The first-order chi connectivity index (χ1) is 13.2. The number of sulfonamides is 1. The second-order valence-electron chi connectivity index (χ2n) is 5.43. The quantitative estimate of drug-likeness (QED) is 0.452. The van der Waals surface area contributed by atoms with E-state index in [1.54, 1.807) is 12.1 Å². The van der Waals surface area contributed by atoms with Gasteiger partial charge in [-0.25, -0.2) is 13.1 Å². The van der Waals surface area contributed by atoms with Crippen molar-refractivity contribution in [2.45, 2.75) is 16.7 Å². The summed E-state index contributed by atoms with van der Waals surface area (Å²) in [6.07, 6.45) is 0. The summed E-state index contributed by atoms with van der Waals surface area (Å²) in [5, 5.41) is 6.03. The number of amides is 2. The molecule has 0 saturated heterocycles. The smallest absolute Gasteiger partial charge is 0.264 e. The standard InChI is InChI=1S/C17H16ClN3O4S3/c1-11(22)21-28(24,25)15-8-4-13(5-9-15)19-17(26)20-16(23)10-27-14-6-2-12(18)3-7-14/h2-9H,10H2,1H3,(H,21,22)(H2,19,20,23,26). The highest BCUT2D eigenvalue weighted by Crippen LogP contribution is 2.20. The first-order valence-corrected chi connectivity index (χ1v) is 11.0. The maximum Gasteiger partial charge on any atom is 0.264 e. The molecular formula is C17H16ClN3O4S3. The summed E-state index contributed by atoms with van der Waals surface area (Å²) < 4.78 is 25.6. The summed E-state index contributed by atoms with van der Waals surface area (Å²) >= 11 is 12.2. The summed E-state index contributed by atoms with van der Waals surface area (Å²) in [7, 11) is -3.90. The van der Waals surface area contributed by atoms with Crippen LogP contribution in [0, 0.1) is 0 Å². The fourth-order valence-corrected chi connectivity index (χ4v) is 4.02. The second kappa shape index (κ2) is 9.87. The van der Waals surface area contributed by atoms with E-state index in [-0.39, 0.29) is 21.7 Å². The molecule has 0 spiro atoms. The Morgan fingerprint density at radius 3 is 2.25 bits per heavy atom. The van der Waals surface area contributed by atoms with E-state index < -0.39 is 15.9 Å². The molecule has 28 heavy (non-hydrogen) atoms. The molecule has 0 fully saturated rings. The fourth-order valence-electron chi connectivity index (χ4n) is 1.97. The molecule has 7 nitrogen and oxygen atoms in total. The maximum atomic E-state index is 12.0. The minimum Gasteiger partial charge on any atom is -0.332 e. The molecule has 2 aromatic carbocycles. The number of halogens is 1. The maximum absolute atomic E-state index is 12.0. The highest BCUT2D eigenvalue weighted by molar-refractivity contribution is 8.00. The highest BCUT2D eigenvalue weighted by Gasteiger charge is 2.15. The second-order valence-corrected chi connectivity index (χ2v) is 9.01. The number of hydrogen-bond donors (Lipinski definition) is 3. The molecule has 2 amide bonds. The first kappa shape index (κ1) is 22.2. The predicted molar refractivity (Wildman–Crippen MR) is 114 cm³/mol. The van der Waals surface area contributed by atoms with Gasteiger partial charge in [0.05, 0.1) is 10.6 Å². The van der Waals surface area contributed by atoms with Crippen LogP contribution in [-0.4, -0.2) is 31.1 Å². The summed E-state index contributed by atoms with van der Waals surface area (Å²) in [6.45, 7) is 1.11. The van der Waals surface area contributed by atoms with Crippen LogP contribution in [0.3, 0.4) is 0 Å². The average molecular weight is 458 g/mol. The number of hydrogen-bond acceptors (Lipinski definition) is 6. The van der Waals surface area contributed by atoms with E-state index in [0.717, 1.165) is 11.8 Å². The molecule has 0 radical (unpaired) electrons. The molecule has 0 aliphatic rings. The van der Waals surface area contributed by atoms with Gasteiger partial charge in [0.15, 0.2) is 5.11 Å². The van der Waals surface area contributed by atoms with Gasteiger partial charge in [-0.05, 0) is 60.7 Å². The van der Waals surface area contributed by atoms with Gasteiger partial charge in [0.25, 0.3) is 10.0 Å². The molecule has 11 heteroatoms. The largest absolute Gasteiger partial charge is 0.332 e. The minimum absolute atomic E-state index is 0.0671. The Kier molecular flexibility index (Phi) is 7.81. The number of anilines is 1. The molecule has 3 N–H and O–H groups in total. The lowest BCUT2D eigenvalue weighted by Gasteiger charge is -2.10. The number of carbonyl (C=O) groups excluding carboxylic acids is 2. The first-order valence-electron chi connectivity index (χ1n) is 7.78. The van der Waals surface area contributed by atoms with Crippen LogP contribution < -0.4 is 15.4 Å². The molecule has 2 aromatic rings. The third-order valence-electron chi connectivity index (χ3n) is 3.14. The lowest BCUT2D eigenvalue weighted by Crippen LogP contribution is -2.35. The minimum atomic E-state index is -3.90. The van der Waals surface area contributed by atoms with Crippen LogP contribution in [-0.2, 0) is 19.6 Å². The van der Waals surface area contributed by atoms with Crippen molar-refractivity contribution in [1.29, 1.82) is 0 Å². The number of thiocarbonyl (C=S) groups is 1. The van der Waals surface area contributed by atoms with E-state index in [1.807, 2.05) is 16.9 Å². The lowest BCUT2D eigenvalue weighted by atomic mass is 10.3. The highest BCUT2D eigenvalue weighted by atomic mass is 35.5. The van der Waals surface area contributed by atoms with E-state index in [2.05, 4.69) is 10.6 Å². The van der Waals surface area contributed by atoms with Crippen molar-refractivity contribution >= 4 is 68.2 Å². The summed E-state index contributed by atoms with van der Waals surface area (Å²) in [5.74, 6) is -0.804. The molecular weight excluding hydrogens is 442 g/mol. The normalized spacial score (nSPS) is 10.8. The van der Waals surface area contributed by atoms with Gasteiger partial charge < -0.3 is 10.6 Å². The van der Waals surface area contributed by atoms with E-state index in [0.29, 0.717) is 10.7 Å². The number of nitrogens with one attached hydrogen (secondary N) is 3. The van der Waals surface area contributed by atoms with Crippen molar-refractivity contribution in [1.82, 2.24) is 10.0 Å². The SMILES string of the molecule is CC(=O)NS(=O)(=O)c1ccc(NC(=S)NC(=O)CSc2ccc(Cl)cc2)cc1. The van der Waals surface area contributed by atoms with Gasteiger partial charge in [0.2, 0.25) is 11.8 Å². The molecule has 0 heterocycles. The van der Waals surface area contributed by atoms with Gasteiger partial charge in [0, 0.05) is 22.5 Å². The van der Waals surface area contributed by atoms with Gasteiger partial charge in [-0.1, -0.05) is 11.6 Å². The molecule has 0 atom stereocenters. The molecule has 0 aliphatic carbocycles. The Morgan fingerprint density at radius 2 is 1.68 bits per heavy atom. The van der Waals surface area contributed by atoms with Gasteiger partial charge in [-0.15, -0.1) is 11.8 Å². The van der Waals surface area contributed by atoms with Crippen molar-refractivity contribution in [3.8, 4) is 0 Å². The molecule has 0 aromatic heterocycles. The van der Waals surface area contributed by atoms with Crippen LogP contribution in [0.5, 0.6) is 0 Å². The van der Waals surface area contributed by atoms with Crippen molar-refractivity contribution in [2.75, 3.05) is 11.1 Å². The van der Waals surface area contributed by atoms with Crippen LogP contribution in [0.25, 0.3) is 0 Å². The number of thioether (sulfide) groups is 1. The topological polar surface area (TPSA) is 104 Å². The third kappa shape index (κ3) is 7.12. The van der Waals surface area contributed by atoms with Crippen LogP contribution in [0.15, 0.2) is 58.3 Å². The van der Waals surface area contributed by atoms with Crippen LogP contribution in [0.2, 0.25) is 5.02 Å². The molecule has 0 unspecified atom stereocenters. The fraction of sp³-hybridized carbons (Fsp3) is 0.118. The summed E-state index contributed by atoms with van der Waals surface area (Å²) in [4.78, 5) is 23.7. The van der Waals surface area contributed by atoms with Crippen LogP contribution in [0.4, 0.5) is 5.69 Å². The van der Waals surface area contributed by atoms with Crippen LogP contribution in [0.1, 0.15) is 6.92 Å². The number of benzene rings is 2. The van der Waals surface area contributed by atoms with E-state index in [9.17, 15) is 18.0 Å². The number of carbonyl (C=O) groups is 2.